The molecular weight excluding hydrogens is 266 g/mol. The number of carboxylic acid groups (broad SMARTS) is 1. The molecule has 1 N–H and O–H groups in total. The molecular formula is C17H27NO3. The van der Waals surface area contributed by atoms with Crippen molar-refractivity contribution in [3.05, 3.63) is 29.8 Å². The number of rotatable bonds is 10. The van der Waals surface area contributed by atoms with Crippen molar-refractivity contribution < 1.29 is 14.6 Å². The Balaban J connectivity index is 2.42. The van der Waals surface area contributed by atoms with Gasteiger partial charge in [-0.15, -0.1) is 0 Å². The summed E-state index contributed by atoms with van der Waals surface area (Å²) in [6.45, 7) is 6.33. The smallest absolute Gasteiger partial charge is 0.303 e. The molecule has 1 atom stereocenters. The Morgan fingerprint density at radius 2 is 1.95 bits per heavy atom. The zero-order valence-corrected chi connectivity index (χ0v) is 13.3. The number of aliphatic carboxylic acids is 1. The molecule has 0 saturated carbocycles. The van der Waals surface area contributed by atoms with Crippen molar-refractivity contribution in [3.8, 4) is 5.75 Å². The average molecular weight is 293 g/mol. The fraction of sp³-hybridized carbons (Fsp3) is 0.588. The Hall–Kier alpha value is -1.55. The van der Waals surface area contributed by atoms with E-state index < -0.39 is 5.97 Å². The van der Waals surface area contributed by atoms with E-state index in [2.05, 4.69) is 30.9 Å². The van der Waals surface area contributed by atoms with Gasteiger partial charge < -0.3 is 14.7 Å². The lowest BCUT2D eigenvalue weighted by Crippen LogP contribution is -2.35. The first-order valence-electron chi connectivity index (χ1n) is 7.65. The number of carbonyl (C=O) groups is 1. The van der Waals surface area contributed by atoms with E-state index in [1.807, 2.05) is 12.1 Å². The number of benzene rings is 1. The van der Waals surface area contributed by atoms with Crippen LogP contribution in [0.15, 0.2) is 24.3 Å². The standard InChI is InChI=1S/C17H27NO3/c1-4-18(12-6-5-7-17(19)20)14(2)13-15-8-10-16(21-3)11-9-15/h8-11,14H,4-7,12-13H2,1-3H3,(H,19,20). The van der Waals surface area contributed by atoms with Crippen LogP contribution >= 0.6 is 0 Å². The first-order chi connectivity index (χ1) is 10.1. The second kappa shape index (κ2) is 9.40. The number of nitrogens with zero attached hydrogens (tertiary/aromatic N) is 1. The minimum atomic E-state index is -0.704. The van der Waals surface area contributed by atoms with Gasteiger partial charge in [-0.2, -0.15) is 0 Å². The highest BCUT2D eigenvalue weighted by Gasteiger charge is 2.12. The average Bonchev–Trinajstić information content (AvgIpc) is 2.47. The molecule has 1 aromatic carbocycles. The van der Waals surface area contributed by atoms with Gasteiger partial charge in [0, 0.05) is 12.5 Å². The van der Waals surface area contributed by atoms with Crippen LogP contribution in [0.25, 0.3) is 0 Å². The summed E-state index contributed by atoms with van der Waals surface area (Å²) >= 11 is 0. The van der Waals surface area contributed by atoms with Crippen LogP contribution in [0.3, 0.4) is 0 Å². The summed E-state index contributed by atoms with van der Waals surface area (Å²) in [4.78, 5) is 12.9. The number of ether oxygens (including phenoxy) is 1. The fourth-order valence-electron chi connectivity index (χ4n) is 2.51. The number of carboxylic acids is 1. The Kier molecular flexibility index (Phi) is 7.83. The summed E-state index contributed by atoms with van der Waals surface area (Å²) in [6, 6.07) is 8.64. The molecule has 0 amide bonds. The van der Waals surface area contributed by atoms with Crippen molar-refractivity contribution in [1.29, 1.82) is 0 Å². The van der Waals surface area contributed by atoms with Crippen molar-refractivity contribution in [2.24, 2.45) is 0 Å². The third-order valence-electron chi connectivity index (χ3n) is 3.81. The quantitative estimate of drug-likeness (QED) is 0.673. The summed E-state index contributed by atoms with van der Waals surface area (Å²) in [5.41, 5.74) is 1.30. The van der Waals surface area contributed by atoms with Crippen LogP contribution in [0.1, 0.15) is 38.7 Å². The van der Waals surface area contributed by atoms with Gasteiger partial charge in [0.2, 0.25) is 0 Å². The molecule has 1 aromatic rings. The first kappa shape index (κ1) is 17.5. The molecule has 0 aliphatic rings. The van der Waals surface area contributed by atoms with Crippen LogP contribution in [0, 0.1) is 0 Å². The second-order valence-corrected chi connectivity index (χ2v) is 5.38. The minimum absolute atomic E-state index is 0.268. The maximum Gasteiger partial charge on any atom is 0.303 e. The maximum atomic E-state index is 10.5. The van der Waals surface area contributed by atoms with Crippen molar-refractivity contribution in [1.82, 2.24) is 4.90 Å². The number of methoxy groups -OCH3 is 1. The van der Waals surface area contributed by atoms with E-state index >= 15 is 0 Å². The third kappa shape index (κ3) is 6.63. The zero-order chi connectivity index (χ0) is 15.7. The second-order valence-electron chi connectivity index (χ2n) is 5.38. The number of likely N-dealkylation sites (N-methyl/N-ethyl adjacent to an activating group) is 1. The molecule has 0 aromatic heterocycles. The summed E-state index contributed by atoms with van der Waals surface area (Å²) in [7, 11) is 1.67. The number of hydrogen-bond acceptors (Lipinski definition) is 3. The van der Waals surface area contributed by atoms with Gasteiger partial charge >= 0.3 is 5.97 Å². The van der Waals surface area contributed by atoms with Gasteiger partial charge in [-0.1, -0.05) is 19.1 Å². The molecule has 21 heavy (non-hydrogen) atoms. The van der Waals surface area contributed by atoms with E-state index in [1.165, 1.54) is 5.56 Å². The van der Waals surface area contributed by atoms with E-state index in [-0.39, 0.29) is 6.42 Å². The van der Waals surface area contributed by atoms with Gasteiger partial charge in [0.25, 0.3) is 0 Å². The molecule has 0 aliphatic carbocycles. The van der Waals surface area contributed by atoms with Gasteiger partial charge in [0.15, 0.2) is 0 Å². The van der Waals surface area contributed by atoms with E-state index in [4.69, 9.17) is 9.84 Å². The zero-order valence-electron chi connectivity index (χ0n) is 13.3. The van der Waals surface area contributed by atoms with Gasteiger partial charge in [0.05, 0.1) is 7.11 Å². The summed E-state index contributed by atoms with van der Waals surface area (Å²) in [6.07, 6.45) is 2.95. The highest BCUT2D eigenvalue weighted by atomic mass is 16.5. The van der Waals surface area contributed by atoms with Crippen molar-refractivity contribution in [2.75, 3.05) is 20.2 Å². The molecule has 0 aliphatic heterocycles. The monoisotopic (exact) mass is 293 g/mol. The van der Waals surface area contributed by atoms with E-state index in [9.17, 15) is 4.79 Å². The Labute approximate surface area is 127 Å². The normalized spacial score (nSPS) is 12.4. The molecule has 4 heteroatoms. The number of unbranched alkanes of at least 4 members (excludes halogenated alkanes) is 1. The topological polar surface area (TPSA) is 49.8 Å². The van der Waals surface area contributed by atoms with E-state index in [0.29, 0.717) is 6.04 Å². The largest absolute Gasteiger partial charge is 0.497 e. The summed E-state index contributed by atoms with van der Waals surface area (Å²) < 4.78 is 5.17. The molecule has 0 radical (unpaired) electrons. The van der Waals surface area contributed by atoms with Gasteiger partial charge in [-0.25, -0.2) is 0 Å². The van der Waals surface area contributed by atoms with E-state index in [1.54, 1.807) is 7.11 Å². The summed E-state index contributed by atoms with van der Waals surface area (Å²) in [5.74, 6) is 0.178. The first-order valence-corrected chi connectivity index (χ1v) is 7.65. The Morgan fingerprint density at radius 3 is 2.48 bits per heavy atom. The highest BCUT2D eigenvalue weighted by molar-refractivity contribution is 5.66. The molecule has 0 bridgehead atoms. The van der Waals surface area contributed by atoms with Crippen molar-refractivity contribution in [2.45, 2.75) is 45.6 Å². The Morgan fingerprint density at radius 1 is 1.29 bits per heavy atom. The minimum Gasteiger partial charge on any atom is -0.497 e. The molecule has 4 nitrogen and oxygen atoms in total. The molecule has 0 fully saturated rings. The SMILES string of the molecule is CCN(CCCCC(=O)O)C(C)Cc1ccc(OC)cc1. The maximum absolute atomic E-state index is 10.5. The van der Waals surface area contributed by atoms with Crippen LogP contribution < -0.4 is 4.74 Å². The Bertz CT molecular complexity index is 417. The van der Waals surface area contributed by atoms with Gasteiger partial charge in [0.1, 0.15) is 5.75 Å². The molecule has 118 valence electrons. The lowest BCUT2D eigenvalue weighted by atomic mass is 10.1. The van der Waals surface area contributed by atoms with Crippen LogP contribution in [0.2, 0.25) is 0 Å². The molecule has 0 heterocycles. The molecule has 0 saturated heterocycles. The third-order valence-corrected chi connectivity index (χ3v) is 3.81. The fourth-order valence-corrected chi connectivity index (χ4v) is 2.51. The van der Waals surface area contributed by atoms with Crippen molar-refractivity contribution in [3.63, 3.8) is 0 Å². The van der Waals surface area contributed by atoms with Gasteiger partial charge in [-0.3, -0.25) is 4.79 Å². The van der Waals surface area contributed by atoms with Crippen molar-refractivity contribution >= 4 is 5.97 Å². The number of hydrogen-bond donors (Lipinski definition) is 1. The van der Waals surface area contributed by atoms with Gasteiger partial charge in [-0.05, 0) is 57.0 Å². The van der Waals surface area contributed by atoms with Crippen LogP contribution in [-0.2, 0) is 11.2 Å². The predicted molar refractivity (Wildman–Crippen MR) is 84.9 cm³/mol. The van der Waals surface area contributed by atoms with E-state index in [0.717, 1.165) is 38.1 Å². The van der Waals surface area contributed by atoms with Crippen LogP contribution in [0.4, 0.5) is 0 Å². The molecule has 0 spiro atoms. The highest BCUT2D eigenvalue weighted by Crippen LogP contribution is 2.15. The summed E-state index contributed by atoms with van der Waals surface area (Å²) in [5, 5.41) is 8.66. The predicted octanol–water partition coefficient (Wildman–Crippen LogP) is 3.20. The van der Waals surface area contributed by atoms with Crippen LogP contribution in [0.5, 0.6) is 5.75 Å². The molecule has 1 rings (SSSR count). The lowest BCUT2D eigenvalue weighted by Gasteiger charge is -2.28. The molecule has 1 unspecified atom stereocenters. The van der Waals surface area contributed by atoms with Crippen LogP contribution in [-0.4, -0.2) is 42.2 Å². The lowest BCUT2D eigenvalue weighted by molar-refractivity contribution is -0.137.